The molecule has 1 aliphatic rings. The third-order valence-electron chi connectivity index (χ3n) is 3.78. The molecule has 1 aliphatic heterocycles. The largest absolute Gasteiger partial charge is 0.236 e. The lowest BCUT2D eigenvalue weighted by Gasteiger charge is -2.20. The van der Waals surface area contributed by atoms with E-state index in [4.69, 9.17) is 0 Å². The molecule has 0 N–H and O–H groups in total. The summed E-state index contributed by atoms with van der Waals surface area (Å²) in [6.07, 6.45) is 1.53. The van der Waals surface area contributed by atoms with E-state index >= 15 is 0 Å². The summed E-state index contributed by atoms with van der Waals surface area (Å²) in [5.74, 6) is -3.46. The van der Waals surface area contributed by atoms with Crippen LogP contribution < -0.4 is 4.59 Å². The molecule has 0 aliphatic carbocycles. The van der Waals surface area contributed by atoms with Gasteiger partial charge in [0.15, 0.2) is 11.6 Å². The van der Waals surface area contributed by atoms with Gasteiger partial charge < -0.3 is 0 Å². The van der Waals surface area contributed by atoms with Crippen molar-refractivity contribution in [3.63, 3.8) is 0 Å². The molecule has 1 heterocycles. The minimum absolute atomic E-state index is 0.385. The van der Waals surface area contributed by atoms with Crippen LogP contribution in [0.1, 0.15) is 12.5 Å². The molecule has 0 fully saturated rings. The molecule has 1 unspecified atom stereocenters. The quantitative estimate of drug-likeness (QED) is 0.475. The Morgan fingerprint density at radius 3 is 2.17 bits per heavy atom. The minimum atomic E-state index is -1.03. The normalized spacial score (nSPS) is 20.1. The van der Waals surface area contributed by atoms with Crippen LogP contribution >= 0.6 is 15.9 Å². The molecular weight excluding hydrogens is 388 g/mol. The Labute approximate surface area is 144 Å². The predicted molar refractivity (Wildman–Crippen MR) is 89.2 cm³/mol. The van der Waals surface area contributed by atoms with Crippen molar-refractivity contribution in [2.75, 3.05) is 7.05 Å². The number of hydrogen-bond acceptors (Lipinski definition) is 1. The van der Waals surface area contributed by atoms with E-state index in [1.165, 1.54) is 25.4 Å². The molecule has 1 atom stereocenters. The molecule has 0 saturated heterocycles. The average molecular weight is 400 g/mol. The molecule has 0 radical (unpaired) electrons. The first kappa shape index (κ1) is 16.9. The van der Waals surface area contributed by atoms with Crippen LogP contribution in [-0.4, -0.2) is 12.8 Å². The van der Waals surface area contributed by atoms with E-state index < -0.39 is 27.9 Å². The standard InChI is InChI=1S/C17H12BrF4N2/c1-9-13(12-4-3-10(19)5-14(12)18)8-24(2,23-9)17-15(21)6-11(20)7-16(17)22/h3-8H,1-2H3/q+1. The van der Waals surface area contributed by atoms with Crippen LogP contribution in [0.15, 0.2) is 46.1 Å². The summed E-state index contributed by atoms with van der Waals surface area (Å²) in [6.45, 7) is 1.68. The van der Waals surface area contributed by atoms with E-state index in [1.807, 2.05) is 0 Å². The Hall–Kier alpha value is -1.99. The Morgan fingerprint density at radius 2 is 1.58 bits per heavy atom. The minimum Gasteiger partial charge on any atom is -0.207 e. The van der Waals surface area contributed by atoms with Gasteiger partial charge in [-0.15, -0.1) is 4.59 Å². The van der Waals surface area contributed by atoms with Gasteiger partial charge in [0.1, 0.15) is 30.6 Å². The van der Waals surface area contributed by atoms with Gasteiger partial charge in [-0.1, -0.05) is 27.1 Å². The van der Waals surface area contributed by atoms with Crippen molar-refractivity contribution in [1.29, 1.82) is 0 Å². The number of benzene rings is 2. The lowest BCUT2D eigenvalue weighted by atomic mass is 10.0. The number of rotatable bonds is 2. The highest BCUT2D eigenvalue weighted by Crippen LogP contribution is 2.38. The molecular formula is C17H12BrF4N2+. The summed E-state index contributed by atoms with van der Waals surface area (Å²) in [5, 5.41) is 4.31. The SMILES string of the molecule is CC1=N[N+](C)(c2c(F)cc(F)cc2F)C=C1c1ccc(F)cc1Br. The monoisotopic (exact) mass is 399 g/mol. The van der Waals surface area contributed by atoms with Crippen molar-refractivity contribution in [3.8, 4) is 0 Å². The highest BCUT2D eigenvalue weighted by Gasteiger charge is 2.38. The van der Waals surface area contributed by atoms with Gasteiger partial charge in [0.25, 0.3) is 0 Å². The highest BCUT2D eigenvalue weighted by atomic mass is 79.9. The number of halogens is 5. The molecule has 24 heavy (non-hydrogen) atoms. The number of nitrogens with zero attached hydrogens (tertiary/aromatic N) is 2. The van der Waals surface area contributed by atoms with E-state index in [9.17, 15) is 17.6 Å². The third-order valence-corrected chi connectivity index (χ3v) is 4.44. The van der Waals surface area contributed by atoms with Crippen LogP contribution in [0, 0.1) is 23.3 Å². The Kier molecular flexibility index (Phi) is 4.09. The lowest BCUT2D eigenvalue weighted by molar-refractivity contribution is 0.423. The molecule has 2 aromatic rings. The molecule has 7 heteroatoms. The summed E-state index contributed by atoms with van der Waals surface area (Å²) in [4.78, 5) is 0. The van der Waals surface area contributed by atoms with Gasteiger partial charge in [-0.05, 0) is 19.1 Å². The average Bonchev–Trinajstić information content (AvgIpc) is 2.73. The zero-order valence-electron chi connectivity index (χ0n) is 12.7. The lowest BCUT2D eigenvalue weighted by Crippen LogP contribution is -2.33. The van der Waals surface area contributed by atoms with E-state index in [0.717, 1.165) is 0 Å². The predicted octanol–water partition coefficient (Wildman–Crippen LogP) is 5.37. The zero-order chi connectivity index (χ0) is 17.6. The van der Waals surface area contributed by atoms with Crippen molar-refractivity contribution in [3.05, 3.63) is 69.8 Å². The summed E-state index contributed by atoms with van der Waals surface area (Å²) in [7, 11) is 1.48. The maximum atomic E-state index is 14.1. The molecule has 2 aromatic carbocycles. The van der Waals surface area contributed by atoms with Crippen molar-refractivity contribution >= 4 is 32.9 Å². The summed E-state index contributed by atoms with van der Waals surface area (Å²) in [6, 6.07) is 5.37. The summed E-state index contributed by atoms with van der Waals surface area (Å²) < 4.78 is 54.7. The highest BCUT2D eigenvalue weighted by molar-refractivity contribution is 9.10. The second kappa shape index (κ2) is 5.82. The van der Waals surface area contributed by atoms with E-state index in [-0.39, 0.29) is 5.69 Å². The third kappa shape index (κ3) is 2.78. The van der Waals surface area contributed by atoms with Crippen LogP contribution in [-0.2, 0) is 0 Å². The van der Waals surface area contributed by atoms with E-state index in [1.54, 1.807) is 13.0 Å². The Balaban J connectivity index is 2.16. The molecule has 0 aromatic heterocycles. The topological polar surface area (TPSA) is 12.4 Å². The van der Waals surface area contributed by atoms with Gasteiger partial charge in [0, 0.05) is 22.2 Å². The smallest absolute Gasteiger partial charge is 0.207 e. The van der Waals surface area contributed by atoms with Crippen LogP contribution in [0.25, 0.3) is 5.57 Å². The molecule has 2 nitrogen and oxygen atoms in total. The van der Waals surface area contributed by atoms with Crippen molar-refractivity contribution < 1.29 is 17.6 Å². The fourth-order valence-electron chi connectivity index (χ4n) is 2.79. The van der Waals surface area contributed by atoms with Crippen molar-refractivity contribution in [2.45, 2.75) is 6.92 Å². The van der Waals surface area contributed by atoms with Crippen LogP contribution in [0.2, 0.25) is 0 Å². The second-order valence-electron chi connectivity index (χ2n) is 5.60. The van der Waals surface area contributed by atoms with Gasteiger partial charge in [-0.2, -0.15) is 0 Å². The van der Waals surface area contributed by atoms with Crippen LogP contribution in [0.3, 0.4) is 0 Å². The maximum absolute atomic E-state index is 14.1. The molecule has 0 spiro atoms. The first-order valence-electron chi connectivity index (χ1n) is 6.98. The maximum Gasteiger partial charge on any atom is 0.236 e. The summed E-state index contributed by atoms with van der Waals surface area (Å²) in [5.41, 5.74) is 1.38. The molecule has 0 saturated carbocycles. The Morgan fingerprint density at radius 1 is 0.958 bits per heavy atom. The number of hydrogen-bond donors (Lipinski definition) is 0. The first-order valence-corrected chi connectivity index (χ1v) is 7.77. The fraction of sp³-hybridized carbons (Fsp3) is 0.118. The Bertz CT molecular complexity index is 884. The van der Waals surface area contributed by atoms with E-state index in [2.05, 4.69) is 21.0 Å². The van der Waals surface area contributed by atoms with Gasteiger partial charge >= 0.3 is 0 Å². The van der Waals surface area contributed by atoms with Gasteiger partial charge in [-0.3, -0.25) is 0 Å². The van der Waals surface area contributed by atoms with Crippen molar-refractivity contribution in [2.24, 2.45) is 5.10 Å². The number of quaternary nitrogens is 1. The molecule has 124 valence electrons. The second-order valence-corrected chi connectivity index (χ2v) is 6.45. The van der Waals surface area contributed by atoms with Crippen molar-refractivity contribution in [1.82, 2.24) is 4.59 Å². The summed E-state index contributed by atoms with van der Waals surface area (Å²) >= 11 is 3.28. The van der Waals surface area contributed by atoms with Gasteiger partial charge in [-0.25, -0.2) is 17.6 Å². The first-order chi connectivity index (χ1) is 11.2. The number of allylic oxidation sites excluding steroid dienone is 1. The van der Waals surface area contributed by atoms with Gasteiger partial charge in [0.05, 0.1) is 5.57 Å². The zero-order valence-corrected chi connectivity index (χ0v) is 14.3. The van der Waals surface area contributed by atoms with Gasteiger partial charge in [0.2, 0.25) is 5.69 Å². The van der Waals surface area contributed by atoms with E-state index in [0.29, 0.717) is 33.5 Å². The van der Waals surface area contributed by atoms with Crippen LogP contribution in [0.4, 0.5) is 23.2 Å². The molecule has 0 amide bonds. The fourth-order valence-corrected chi connectivity index (χ4v) is 3.36. The van der Waals surface area contributed by atoms with Crippen LogP contribution in [0.5, 0.6) is 0 Å². The molecule has 3 rings (SSSR count). The molecule has 0 bridgehead atoms.